The van der Waals surface area contributed by atoms with Gasteiger partial charge in [-0.25, -0.2) is 8.78 Å². The summed E-state index contributed by atoms with van der Waals surface area (Å²) in [7, 11) is 0. The van der Waals surface area contributed by atoms with Crippen LogP contribution in [0.4, 0.5) is 20.2 Å². The molecule has 1 amide bonds. The maximum atomic E-state index is 13.5. The molecule has 0 aliphatic heterocycles. The van der Waals surface area contributed by atoms with Crippen LogP contribution in [-0.2, 0) is 0 Å². The van der Waals surface area contributed by atoms with E-state index in [0.29, 0.717) is 21.9 Å². The zero-order valence-corrected chi connectivity index (χ0v) is 12.1. The minimum Gasteiger partial charge on any atom is -0.398 e. The van der Waals surface area contributed by atoms with Crippen LogP contribution < -0.4 is 11.1 Å². The van der Waals surface area contributed by atoms with Crippen LogP contribution in [0, 0.1) is 18.6 Å². The zero-order valence-electron chi connectivity index (χ0n) is 10.5. The highest BCUT2D eigenvalue weighted by atomic mass is 79.9. The molecule has 0 aromatic heterocycles. The van der Waals surface area contributed by atoms with Crippen LogP contribution in [0.1, 0.15) is 15.9 Å². The van der Waals surface area contributed by atoms with Crippen molar-refractivity contribution in [1.82, 2.24) is 0 Å². The lowest BCUT2D eigenvalue weighted by molar-refractivity contribution is 0.102. The number of aryl methyl sites for hydroxylation is 1. The molecule has 0 saturated carbocycles. The lowest BCUT2D eigenvalue weighted by atomic mass is 10.1. The van der Waals surface area contributed by atoms with Crippen molar-refractivity contribution in [2.24, 2.45) is 0 Å². The fraction of sp³-hybridized carbons (Fsp3) is 0.0714. The van der Waals surface area contributed by atoms with E-state index in [9.17, 15) is 13.6 Å². The van der Waals surface area contributed by atoms with Crippen LogP contribution >= 0.6 is 15.9 Å². The topological polar surface area (TPSA) is 55.1 Å². The summed E-state index contributed by atoms with van der Waals surface area (Å²) in [4.78, 5) is 12.0. The van der Waals surface area contributed by atoms with E-state index in [-0.39, 0.29) is 5.56 Å². The molecule has 3 nitrogen and oxygen atoms in total. The second kappa shape index (κ2) is 5.58. The summed E-state index contributed by atoms with van der Waals surface area (Å²) < 4.78 is 26.9. The molecule has 0 radical (unpaired) electrons. The van der Waals surface area contributed by atoms with Crippen molar-refractivity contribution in [3.8, 4) is 0 Å². The Bertz CT molecular complexity index is 689. The molecule has 0 spiro atoms. The molecule has 2 aromatic rings. The maximum Gasteiger partial charge on any atom is 0.258 e. The number of nitrogens with one attached hydrogen (secondary N) is 1. The van der Waals surface area contributed by atoms with Gasteiger partial charge in [-0.05, 0) is 52.7 Å². The lowest BCUT2D eigenvalue weighted by Gasteiger charge is -2.10. The Hall–Kier alpha value is -1.95. The van der Waals surface area contributed by atoms with E-state index >= 15 is 0 Å². The summed E-state index contributed by atoms with van der Waals surface area (Å²) >= 11 is 3.29. The minimum absolute atomic E-state index is 0.238. The number of halogens is 3. The van der Waals surface area contributed by atoms with Gasteiger partial charge in [0, 0.05) is 16.2 Å². The molecular weight excluding hydrogens is 330 g/mol. The molecule has 0 atom stereocenters. The van der Waals surface area contributed by atoms with Gasteiger partial charge >= 0.3 is 0 Å². The first kappa shape index (κ1) is 14.5. The molecule has 0 unspecified atom stereocenters. The number of nitrogen functional groups attached to an aromatic ring is 1. The van der Waals surface area contributed by atoms with Crippen LogP contribution in [-0.4, -0.2) is 5.91 Å². The summed E-state index contributed by atoms with van der Waals surface area (Å²) in [5.41, 5.74) is 7.29. The van der Waals surface area contributed by atoms with E-state index < -0.39 is 17.5 Å². The van der Waals surface area contributed by atoms with Crippen LogP contribution in [0.3, 0.4) is 0 Å². The second-order valence-electron chi connectivity index (χ2n) is 4.27. The molecule has 20 heavy (non-hydrogen) atoms. The van der Waals surface area contributed by atoms with Gasteiger partial charge in [0.15, 0.2) is 0 Å². The van der Waals surface area contributed by atoms with Crippen molar-refractivity contribution < 1.29 is 13.6 Å². The van der Waals surface area contributed by atoms with Crippen LogP contribution in [0.2, 0.25) is 0 Å². The Kier molecular flexibility index (Phi) is 4.04. The summed E-state index contributed by atoms with van der Waals surface area (Å²) in [6.07, 6.45) is 0. The fourth-order valence-corrected chi connectivity index (χ4v) is 2.21. The average Bonchev–Trinajstić information content (AvgIpc) is 2.35. The Labute approximate surface area is 122 Å². The van der Waals surface area contributed by atoms with Crippen molar-refractivity contribution in [3.05, 3.63) is 57.6 Å². The Morgan fingerprint density at radius 1 is 1.25 bits per heavy atom. The first-order valence-corrected chi connectivity index (χ1v) is 6.50. The molecule has 0 aliphatic rings. The normalized spacial score (nSPS) is 10.4. The molecule has 0 bridgehead atoms. The van der Waals surface area contributed by atoms with Crippen molar-refractivity contribution >= 4 is 33.2 Å². The van der Waals surface area contributed by atoms with Crippen molar-refractivity contribution in [2.45, 2.75) is 6.92 Å². The van der Waals surface area contributed by atoms with Gasteiger partial charge in [0.2, 0.25) is 0 Å². The Morgan fingerprint density at radius 2 is 1.95 bits per heavy atom. The molecule has 0 aliphatic carbocycles. The zero-order chi connectivity index (χ0) is 14.9. The Balaban J connectivity index is 2.30. The van der Waals surface area contributed by atoms with Crippen molar-refractivity contribution in [2.75, 3.05) is 11.1 Å². The summed E-state index contributed by atoms with van der Waals surface area (Å²) in [5.74, 6) is -2.33. The predicted molar refractivity (Wildman–Crippen MR) is 77.6 cm³/mol. The molecule has 6 heteroatoms. The van der Waals surface area contributed by atoms with Gasteiger partial charge in [0.05, 0.1) is 11.3 Å². The van der Waals surface area contributed by atoms with Gasteiger partial charge in [-0.15, -0.1) is 0 Å². The predicted octanol–water partition coefficient (Wildman–Crippen LogP) is 3.87. The molecule has 0 saturated heterocycles. The van der Waals surface area contributed by atoms with Gasteiger partial charge in [-0.1, -0.05) is 0 Å². The van der Waals surface area contributed by atoms with E-state index in [0.717, 1.165) is 17.7 Å². The van der Waals surface area contributed by atoms with E-state index in [1.807, 2.05) is 6.92 Å². The molecule has 2 rings (SSSR count). The number of rotatable bonds is 2. The van der Waals surface area contributed by atoms with E-state index in [1.54, 1.807) is 12.1 Å². The average molecular weight is 341 g/mol. The monoisotopic (exact) mass is 340 g/mol. The van der Waals surface area contributed by atoms with E-state index in [2.05, 4.69) is 21.2 Å². The number of anilines is 2. The molecule has 104 valence electrons. The number of carbonyl (C=O) groups is 1. The maximum absolute atomic E-state index is 13.5. The second-order valence-corrected chi connectivity index (χ2v) is 5.12. The van der Waals surface area contributed by atoms with Gasteiger partial charge in [0.1, 0.15) is 11.6 Å². The van der Waals surface area contributed by atoms with Crippen molar-refractivity contribution in [1.29, 1.82) is 0 Å². The molecule has 3 N–H and O–H groups in total. The molecule has 0 heterocycles. The summed E-state index contributed by atoms with van der Waals surface area (Å²) in [5, 5.41) is 2.53. The first-order chi connectivity index (χ1) is 9.38. The molecule has 0 fully saturated rings. The third-order valence-corrected chi connectivity index (χ3v) is 3.44. The number of hydrogen-bond donors (Lipinski definition) is 2. The van der Waals surface area contributed by atoms with Gasteiger partial charge in [-0.2, -0.15) is 0 Å². The molecule has 2 aromatic carbocycles. The van der Waals surface area contributed by atoms with Gasteiger partial charge in [0.25, 0.3) is 5.91 Å². The fourth-order valence-electron chi connectivity index (χ4n) is 1.65. The first-order valence-electron chi connectivity index (χ1n) is 5.70. The largest absolute Gasteiger partial charge is 0.398 e. The standard InChI is InChI=1S/C14H11BrF2N2O/c1-7-4-10(15)13(6-12(7)18)19-14(20)9-3-2-8(16)5-11(9)17/h2-6H,18H2,1H3,(H,19,20). The highest BCUT2D eigenvalue weighted by molar-refractivity contribution is 9.10. The highest BCUT2D eigenvalue weighted by Crippen LogP contribution is 2.28. The smallest absolute Gasteiger partial charge is 0.258 e. The number of carbonyl (C=O) groups excluding carboxylic acids is 1. The van der Waals surface area contributed by atoms with Gasteiger partial charge < -0.3 is 11.1 Å². The van der Waals surface area contributed by atoms with E-state index in [4.69, 9.17) is 5.73 Å². The van der Waals surface area contributed by atoms with Crippen LogP contribution in [0.25, 0.3) is 0 Å². The summed E-state index contributed by atoms with van der Waals surface area (Å²) in [6.45, 7) is 1.82. The lowest BCUT2D eigenvalue weighted by Crippen LogP contribution is -2.14. The third kappa shape index (κ3) is 2.96. The quantitative estimate of drug-likeness (QED) is 0.815. The number of benzene rings is 2. The third-order valence-electron chi connectivity index (χ3n) is 2.78. The summed E-state index contributed by atoms with van der Waals surface area (Å²) in [6, 6.07) is 6.08. The van der Waals surface area contributed by atoms with Gasteiger partial charge in [-0.3, -0.25) is 4.79 Å². The van der Waals surface area contributed by atoms with Crippen LogP contribution in [0.5, 0.6) is 0 Å². The molecular formula is C14H11BrF2N2O. The minimum atomic E-state index is -0.918. The van der Waals surface area contributed by atoms with Crippen molar-refractivity contribution in [3.63, 3.8) is 0 Å². The highest BCUT2D eigenvalue weighted by Gasteiger charge is 2.14. The number of hydrogen-bond acceptors (Lipinski definition) is 2. The number of amides is 1. The van der Waals surface area contributed by atoms with Crippen LogP contribution in [0.15, 0.2) is 34.8 Å². The number of nitrogens with two attached hydrogens (primary N) is 1. The SMILES string of the molecule is Cc1cc(Br)c(NC(=O)c2ccc(F)cc2F)cc1N. The Morgan fingerprint density at radius 3 is 2.60 bits per heavy atom. The van der Waals surface area contributed by atoms with E-state index in [1.165, 1.54) is 0 Å².